The van der Waals surface area contributed by atoms with E-state index in [2.05, 4.69) is 15.6 Å². The number of benzene rings is 2. The number of hydrogen-bond acceptors (Lipinski definition) is 5. The number of carbonyl (C=O) groups is 2. The summed E-state index contributed by atoms with van der Waals surface area (Å²) in [7, 11) is 0. The molecule has 136 valence electrons. The quantitative estimate of drug-likeness (QED) is 0.719. The highest BCUT2D eigenvalue weighted by Crippen LogP contribution is 2.33. The minimum Gasteiger partial charge on any atom is -0.441 e. The second-order valence-corrected chi connectivity index (χ2v) is 7.18. The molecule has 2 amide bonds. The maximum Gasteiger partial charge on any atom is 0.234 e. The zero-order valence-corrected chi connectivity index (χ0v) is 15.4. The Kier molecular flexibility index (Phi) is 4.68. The van der Waals surface area contributed by atoms with Crippen LogP contribution in [0.2, 0.25) is 0 Å². The molecular weight excluding hydrogens is 362 g/mol. The molecule has 0 saturated carbocycles. The van der Waals surface area contributed by atoms with E-state index in [0.717, 1.165) is 16.1 Å². The van der Waals surface area contributed by atoms with Crippen LogP contribution in [0.1, 0.15) is 11.5 Å². The van der Waals surface area contributed by atoms with Crippen LogP contribution in [-0.2, 0) is 16.0 Å². The Labute approximate surface area is 160 Å². The van der Waals surface area contributed by atoms with E-state index in [0.29, 0.717) is 28.8 Å². The van der Waals surface area contributed by atoms with Crippen molar-refractivity contribution in [1.29, 1.82) is 0 Å². The minimum absolute atomic E-state index is 0.0392. The predicted molar refractivity (Wildman–Crippen MR) is 105 cm³/mol. The first-order chi connectivity index (χ1) is 13.1. The zero-order valence-electron chi connectivity index (χ0n) is 14.6. The van der Waals surface area contributed by atoms with Crippen LogP contribution in [0.3, 0.4) is 0 Å². The molecule has 7 heteroatoms. The number of hydrogen-bond donors (Lipinski definition) is 2. The topological polar surface area (TPSA) is 84.2 Å². The van der Waals surface area contributed by atoms with Gasteiger partial charge in [0, 0.05) is 16.1 Å². The molecule has 1 aliphatic heterocycles. The third kappa shape index (κ3) is 3.88. The van der Waals surface area contributed by atoms with Crippen LogP contribution in [0.25, 0.3) is 11.5 Å². The van der Waals surface area contributed by atoms with Crippen LogP contribution in [0.4, 0.5) is 11.4 Å². The number of thioether (sulfide) groups is 1. The fourth-order valence-corrected chi connectivity index (χ4v) is 3.60. The summed E-state index contributed by atoms with van der Waals surface area (Å²) in [5.74, 6) is 1.30. The van der Waals surface area contributed by atoms with Crippen molar-refractivity contribution in [1.82, 2.24) is 4.98 Å². The molecule has 0 unspecified atom stereocenters. The van der Waals surface area contributed by atoms with Gasteiger partial charge in [-0.15, -0.1) is 11.8 Å². The van der Waals surface area contributed by atoms with Gasteiger partial charge in [0.2, 0.25) is 17.7 Å². The lowest BCUT2D eigenvalue weighted by Crippen LogP contribution is -2.19. The van der Waals surface area contributed by atoms with E-state index in [9.17, 15) is 9.59 Å². The van der Waals surface area contributed by atoms with Gasteiger partial charge in [0.05, 0.1) is 23.6 Å². The van der Waals surface area contributed by atoms with Gasteiger partial charge in [0.25, 0.3) is 0 Å². The van der Waals surface area contributed by atoms with Crippen molar-refractivity contribution >= 4 is 35.0 Å². The van der Waals surface area contributed by atoms with Crippen molar-refractivity contribution in [3.63, 3.8) is 0 Å². The van der Waals surface area contributed by atoms with Gasteiger partial charge in [-0.2, -0.15) is 0 Å². The predicted octanol–water partition coefficient (Wildman–Crippen LogP) is 3.88. The van der Waals surface area contributed by atoms with Crippen LogP contribution < -0.4 is 10.6 Å². The molecule has 4 rings (SSSR count). The molecule has 2 N–H and O–H groups in total. The summed E-state index contributed by atoms with van der Waals surface area (Å²) in [6, 6.07) is 15.1. The average molecular weight is 379 g/mol. The van der Waals surface area contributed by atoms with Crippen LogP contribution in [0.5, 0.6) is 0 Å². The molecule has 0 fully saturated rings. The molecule has 0 bridgehead atoms. The number of nitrogens with one attached hydrogen (secondary N) is 2. The molecule has 1 aromatic heterocycles. The second-order valence-electron chi connectivity index (χ2n) is 6.16. The van der Waals surface area contributed by atoms with Gasteiger partial charge >= 0.3 is 0 Å². The maximum atomic E-state index is 12.4. The Morgan fingerprint density at radius 3 is 2.89 bits per heavy atom. The molecule has 0 radical (unpaired) electrons. The first kappa shape index (κ1) is 17.4. The highest BCUT2D eigenvalue weighted by atomic mass is 32.2. The second kappa shape index (κ2) is 7.28. The van der Waals surface area contributed by atoms with E-state index in [1.54, 1.807) is 13.0 Å². The highest BCUT2D eigenvalue weighted by molar-refractivity contribution is 8.00. The van der Waals surface area contributed by atoms with E-state index in [4.69, 9.17) is 4.42 Å². The number of anilines is 2. The highest BCUT2D eigenvalue weighted by Gasteiger charge is 2.17. The van der Waals surface area contributed by atoms with Crippen molar-refractivity contribution < 1.29 is 14.0 Å². The first-order valence-electron chi connectivity index (χ1n) is 8.47. The van der Waals surface area contributed by atoms with Gasteiger partial charge in [-0.25, -0.2) is 4.98 Å². The summed E-state index contributed by atoms with van der Waals surface area (Å²) in [4.78, 5) is 29.4. The summed E-state index contributed by atoms with van der Waals surface area (Å²) in [5, 5.41) is 5.67. The molecular formula is C20H17N3O3S. The van der Waals surface area contributed by atoms with E-state index in [1.165, 1.54) is 11.8 Å². The molecule has 6 nitrogen and oxygen atoms in total. The first-order valence-corrected chi connectivity index (χ1v) is 9.45. The SMILES string of the molecule is Cc1oc(-c2ccccc2)nc1CC(=O)Nc1ccc2c(c1)NC(=O)CS2. The molecule has 0 atom stereocenters. The number of rotatable bonds is 4. The average Bonchev–Trinajstić information content (AvgIpc) is 3.02. The Bertz CT molecular complexity index is 1010. The Balaban J connectivity index is 1.46. The van der Waals surface area contributed by atoms with Crippen molar-refractivity contribution in [2.24, 2.45) is 0 Å². The monoisotopic (exact) mass is 379 g/mol. The Morgan fingerprint density at radius 2 is 2.07 bits per heavy atom. The lowest BCUT2D eigenvalue weighted by Gasteiger charge is -2.17. The molecule has 1 aliphatic rings. The van der Waals surface area contributed by atoms with E-state index in [1.807, 2.05) is 42.5 Å². The fourth-order valence-electron chi connectivity index (χ4n) is 2.81. The van der Waals surface area contributed by atoms with Crippen molar-refractivity contribution in [2.75, 3.05) is 16.4 Å². The number of aromatic nitrogens is 1. The van der Waals surface area contributed by atoms with Crippen LogP contribution in [-0.4, -0.2) is 22.6 Å². The summed E-state index contributed by atoms with van der Waals surface area (Å²) in [5.41, 5.74) is 2.83. The lowest BCUT2D eigenvalue weighted by molar-refractivity contribution is -0.115. The van der Waals surface area contributed by atoms with Crippen LogP contribution in [0.15, 0.2) is 57.8 Å². The molecule has 2 heterocycles. The molecule has 0 aliphatic carbocycles. The van der Waals surface area contributed by atoms with Gasteiger partial charge in [-0.3, -0.25) is 9.59 Å². The molecule has 2 aromatic carbocycles. The minimum atomic E-state index is -0.194. The lowest BCUT2D eigenvalue weighted by atomic mass is 10.2. The van der Waals surface area contributed by atoms with Gasteiger partial charge in [-0.1, -0.05) is 18.2 Å². The third-order valence-electron chi connectivity index (χ3n) is 4.14. The Hall–Kier alpha value is -3.06. The number of oxazole rings is 1. The summed E-state index contributed by atoms with van der Waals surface area (Å²) >= 11 is 1.48. The van der Waals surface area contributed by atoms with Gasteiger partial charge in [0.15, 0.2) is 0 Å². The molecule has 3 aromatic rings. The smallest absolute Gasteiger partial charge is 0.234 e. The maximum absolute atomic E-state index is 12.4. The number of nitrogens with zero attached hydrogens (tertiary/aromatic N) is 1. The summed E-state index contributed by atoms with van der Waals surface area (Å²) in [6.07, 6.45) is 0.111. The Morgan fingerprint density at radius 1 is 1.26 bits per heavy atom. The fraction of sp³-hybridized carbons (Fsp3) is 0.150. The van der Waals surface area contributed by atoms with Gasteiger partial charge in [-0.05, 0) is 37.3 Å². The number of aryl methyl sites for hydroxylation is 1. The standard InChI is InChI=1S/C20H17N3O3S/c1-12-15(23-20(26-12)13-5-3-2-4-6-13)10-18(24)21-14-7-8-17-16(9-14)22-19(25)11-27-17/h2-9H,10-11H2,1H3,(H,21,24)(H,22,25). The van der Waals surface area contributed by atoms with Crippen molar-refractivity contribution in [3.8, 4) is 11.5 Å². The number of carbonyl (C=O) groups excluding carboxylic acids is 2. The number of amides is 2. The summed E-state index contributed by atoms with van der Waals surface area (Å²) < 4.78 is 5.70. The van der Waals surface area contributed by atoms with E-state index < -0.39 is 0 Å². The zero-order chi connectivity index (χ0) is 18.8. The number of fused-ring (bicyclic) bond motifs is 1. The van der Waals surface area contributed by atoms with Crippen molar-refractivity contribution in [3.05, 3.63) is 60.0 Å². The van der Waals surface area contributed by atoms with Crippen LogP contribution in [0, 0.1) is 6.92 Å². The molecule has 27 heavy (non-hydrogen) atoms. The van der Waals surface area contributed by atoms with Crippen molar-refractivity contribution in [2.45, 2.75) is 18.2 Å². The van der Waals surface area contributed by atoms with Crippen LogP contribution >= 0.6 is 11.8 Å². The largest absolute Gasteiger partial charge is 0.441 e. The van der Waals surface area contributed by atoms with Gasteiger partial charge < -0.3 is 15.1 Å². The van der Waals surface area contributed by atoms with E-state index >= 15 is 0 Å². The molecule has 0 spiro atoms. The van der Waals surface area contributed by atoms with E-state index in [-0.39, 0.29) is 18.2 Å². The normalized spacial score (nSPS) is 13.0. The summed E-state index contributed by atoms with van der Waals surface area (Å²) in [6.45, 7) is 1.80. The molecule has 0 saturated heterocycles. The van der Waals surface area contributed by atoms with Gasteiger partial charge in [0.1, 0.15) is 5.76 Å². The third-order valence-corrected chi connectivity index (χ3v) is 5.21.